The zero-order valence-electron chi connectivity index (χ0n) is 17.1. The van der Waals surface area contributed by atoms with E-state index in [0.29, 0.717) is 50.9 Å². The predicted octanol–water partition coefficient (Wildman–Crippen LogP) is 3.00. The van der Waals surface area contributed by atoms with Gasteiger partial charge in [-0.15, -0.1) is 0 Å². The Bertz CT molecular complexity index is 924. The first kappa shape index (κ1) is 21.3. The molecule has 1 fully saturated rings. The first-order valence-corrected chi connectivity index (χ1v) is 11.2. The molecule has 1 saturated heterocycles. The van der Waals surface area contributed by atoms with E-state index in [0.717, 1.165) is 11.4 Å². The average molecular weight is 421 g/mol. The lowest BCUT2D eigenvalue weighted by Gasteiger charge is -2.35. The Hall–Kier alpha value is -2.45. The van der Waals surface area contributed by atoms with E-state index >= 15 is 0 Å². The van der Waals surface area contributed by atoms with Crippen LogP contribution in [0.2, 0.25) is 0 Å². The van der Waals surface area contributed by atoms with Crippen molar-refractivity contribution >= 4 is 15.7 Å². The van der Waals surface area contributed by atoms with E-state index in [1.807, 2.05) is 38.1 Å². The first-order valence-electron chi connectivity index (χ1n) is 9.78. The summed E-state index contributed by atoms with van der Waals surface area (Å²) in [4.78, 5) is 2.39. The van der Waals surface area contributed by atoms with Crippen LogP contribution in [-0.4, -0.2) is 59.2 Å². The molecule has 0 saturated carbocycles. The number of piperazine rings is 1. The van der Waals surface area contributed by atoms with Crippen molar-refractivity contribution in [2.75, 3.05) is 51.4 Å². The van der Waals surface area contributed by atoms with Gasteiger partial charge in [0.1, 0.15) is 5.75 Å². The summed E-state index contributed by atoms with van der Waals surface area (Å²) in [5, 5.41) is 0. The molecule has 158 valence electrons. The van der Waals surface area contributed by atoms with Crippen LogP contribution in [0, 0.1) is 0 Å². The smallest absolute Gasteiger partial charge is 0.243 e. The minimum Gasteiger partial charge on any atom is -0.497 e. The molecule has 0 aromatic heterocycles. The van der Waals surface area contributed by atoms with Crippen LogP contribution in [-0.2, 0) is 10.0 Å². The number of sulfonamides is 1. The molecule has 0 unspecified atom stereocenters. The normalized spacial score (nSPS) is 15.2. The monoisotopic (exact) mass is 420 g/mol. The second kappa shape index (κ2) is 9.37. The molecule has 2 aromatic carbocycles. The third-order valence-corrected chi connectivity index (χ3v) is 6.70. The summed E-state index contributed by atoms with van der Waals surface area (Å²) in [5.74, 6) is 1.79. The second-order valence-electron chi connectivity index (χ2n) is 6.57. The highest BCUT2D eigenvalue weighted by Crippen LogP contribution is 2.32. The average Bonchev–Trinajstić information content (AvgIpc) is 2.75. The Morgan fingerprint density at radius 2 is 1.59 bits per heavy atom. The Morgan fingerprint density at radius 3 is 2.24 bits per heavy atom. The molecule has 3 rings (SSSR count). The molecule has 0 N–H and O–H groups in total. The van der Waals surface area contributed by atoms with Gasteiger partial charge in [0.25, 0.3) is 0 Å². The van der Waals surface area contributed by atoms with E-state index in [2.05, 4.69) is 4.90 Å². The van der Waals surface area contributed by atoms with Crippen LogP contribution in [0.5, 0.6) is 17.2 Å². The van der Waals surface area contributed by atoms with E-state index < -0.39 is 10.0 Å². The van der Waals surface area contributed by atoms with E-state index in [4.69, 9.17) is 14.2 Å². The first-order chi connectivity index (χ1) is 14.0. The van der Waals surface area contributed by atoms with Gasteiger partial charge in [0.2, 0.25) is 10.0 Å². The zero-order valence-corrected chi connectivity index (χ0v) is 17.9. The maximum absolute atomic E-state index is 13.1. The lowest BCUT2D eigenvalue weighted by atomic mass is 10.2. The van der Waals surface area contributed by atoms with Crippen molar-refractivity contribution in [3.63, 3.8) is 0 Å². The van der Waals surface area contributed by atoms with Gasteiger partial charge in [-0.3, -0.25) is 0 Å². The fourth-order valence-corrected chi connectivity index (χ4v) is 4.77. The van der Waals surface area contributed by atoms with Crippen LogP contribution in [0.1, 0.15) is 13.8 Å². The minimum atomic E-state index is -3.61. The van der Waals surface area contributed by atoms with E-state index in [9.17, 15) is 8.42 Å². The Labute approximate surface area is 172 Å². The summed E-state index contributed by atoms with van der Waals surface area (Å²) < 4.78 is 44.2. The molecule has 1 aliphatic rings. The number of ether oxygens (including phenoxy) is 3. The molecule has 2 aromatic rings. The van der Waals surface area contributed by atoms with Crippen molar-refractivity contribution in [1.29, 1.82) is 0 Å². The molecule has 0 radical (unpaired) electrons. The van der Waals surface area contributed by atoms with Crippen molar-refractivity contribution in [1.82, 2.24) is 4.31 Å². The standard InChI is InChI=1S/C21H28N2O5S/c1-4-27-20-10-9-19(16-21(20)28-5-2)29(24,25)23-13-11-22(12-14-23)17-7-6-8-18(15-17)26-3/h6-10,15-16H,4-5,11-14H2,1-3H3. The van der Waals surface area contributed by atoms with Crippen molar-refractivity contribution in [2.45, 2.75) is 18.7 Å². The maximum atomic E-state index is 13.1. The number of rotatable bonds is 8. The number of hydrogen-bond acceptors (Lipinski definition) is 6. The molecule has 0 aliphatic carbocycles. The molecule has 1 heterocycles. The van der Waals surface area contributed by atoms with Gasteiger partial charge >= 0.3 is 0 Å². The van der Waals surface area contributed by atoms with Gasteiger partial charge in [-0.1, -0.05) is 6.07 Å². The summed E-state index contributed by atoms with van der Waals surface area (Å²) in [6.45, 7) is 6.70. The molecule has 0 amide bonds. The van der Waals surface area contributed by atoms with Gasteiger partial charge in [-0.25, -0.2) is 8.42 Å². The molecule has 8 heteroatoms. The van der Waals surface area contributed by atoms with Crippen LogP contribution in [0.15, 0.2) is 47.4 Å². The molecular formula is C21H28N2O5S. The van der Waals surface area contributed by atoms with Gasteiger partial charge in [-0.05, 0) is 38.1 Å². The third kappa shape index (κ3) is 4.76. The Morgan fingerprint density at radius 1 is 0.897 bits per heavy atom. The number of anilines is 1. The van der Waals surface area contributed by atoms with Crippen LogP contribution >= 0.6 is 0 Å². The molecule has 0 spiro atoms. The second-order valence-corrected chi connectivity index (χ2v) is 8.51. The van der Waals surface area contributed by atoms with Crippen LogP contribution < -0.4 is 19.1 Å². The summed E-state index contributed by atoms with van der Waals surface area (Å²) >= 11 is 0. The van der Waals surface area contributed by atoms with Crippen molar-refractivity contribution < 1.29 is 22.6 Å². The van der Waals surface area contributed by atoms with E-state index in [-0.39, 0.29) is 4.90 Å². The number of nitrogens with zero attached hydrogens (tertiary/aromatic N) is 2. The zero-order chi connectivity index (χ0) is 20.9. The summed E-state index contributed by atoms with van der Waals surface area (Å²) in [6.07, 6.45) is 0. The summed E-state index contributed by atoms with van der Waals surface area (Å²) in [7, 11) is -1.97. The number of methoxy groups -OCH3 is 1. The maximum Gasteiger partial charge on any atom is 0.243 e. The quantitative estimate of drug-likeness (QED) is 0.654. The van der Waals surface area contributed by atoms with Crippen molar-refractivity contribution in [3.8, 4) is 17.2 Å². The van der Waals surface area contributed by atoms with Gasteiger partial charge in [-0.2, -0.15) is 4.31 Å². The summed E-state index contributed by atoms with van der Waals surface area (Å²) in [5.41, 5.74) is 1.03. The molecule has 29 heavy (non-hydrogen) atoms. The van der Waals surface area contributed by atoms with Crippen molar-refractivity contribution in [2.24, 2.45) is 0 Å². The highest BCUT2D eigenvalue weighted by Gasteiger charge is 2.29. The van der Waals surface area contributed by atoms with E-state index in [1.165, 1.54) is 4.31 Å². The van der Waals surface area contributed by atoms with Gasteiger partial charge in [0.05, 0.1) is 25.2 Å². The lowest BCUT2D eigenvalue weighted by molar-refractivity contribution is 0.287. The van der Waals surface area contributed by atoms with Crippen LogP contribution in [0.4, 0.5) is 5.69 Å². The van der Waals surface area contributed by atoms with Gasteiger partial charge < -0.3 is 19.1 Å². The topological polar surface area (TPSA) is 68.3 Å². The van der Waals surface area contributed by atoms with Crippen molar-refractivity contribution in [3.05, 3.63) is 42.5 Å². The highest BCUT2D eigenvalue weighted by atomic mass is 32.2. The molecule has 1 aliphatic heterocycles. The van der Waals surface area contributed by atoms with Gasteiger partial charge in [0.15, 0.2) is 11.5 Å². The minimum absolute atomic E-state index is 0.222. The number of benzene rings is 2. The molecular weight excluding hydrogens is 392 g/mol. The SMILES string of the molecule is CCOc1ccc(S(=O)(=O)N2CCN(c3cccc(OC)c3)CC2)cc1OCC. The predicted molar refractivity (Wildman–Crippen MR) is 113 cm³/mol. The molecule has 0 atom stereocenters. The van der Waals surface area contributed by atoms with Gasteiger partial charge in [0, 0.05) is 44.0 Å². The largest absolute Gasteiger partial charge is 0.497 e. The fourth-order valence-electron chi connectivity index (χ4n) is 3.33. The Balaban J connectivity index is 1.74. The fraction of sp³-hybridized carbons (Fsp3) is 0.429. The van der Waals surface area contributed by atoms with Crippen LogP contribution in [0.3, 0.4) is 0 Å². The highest BCUT2D eigenvalue weighted by molar-refractivity contribution is 7.89. The Kier molecular flexibility index (Phi) is 6.87. The van der Waals surface area contributed by atoms with Crippen LogP contribution in [0.25, 0.3) is 0 Å². The van der Waals surface area contributed by atoms with E-state index in [1.54, 1.807) is 25.3 Å². The summed E-state index contributed by atoms with van der Waals surface area (Å²) in [6, 6.07) is 12.6. The molecule has 0 bridgehead atoms. The number of hydrogen-bond donors (Lipinski definition) is 0. The third-order valence-electron chi connectivity index (χ3n) is 4.81. The molecule has 7 nitrogen and oxygen atoms in total. The lowest BCUT2D eigenvalue weighted by Crippen LogP contribution is -2.48.